The Kier molecular flexibility index (Phi) is 3.48. The van der Waals surface area contributed by atoms with Gasteiger partial charge in [0.25, 0.3) is 0 Å². The standard InChI is InChI=1S/C14H17N3OS/c1-9-2-5-11-12(6-9)19-14(16-11)17-13(18)8-15-7-10-3-4-10/h2,5-6,10,15H,3-4,7-8H2,1H3,(H,16,17,18). The largest absolute Gasteiger partial charge is 0.308 e. The Labute approximate surface area is 116 Å². The maximum atomic E-state index is 11.8. The molecule has 1 saturated carbocycles. The Balaban J connectivity index is 1.58. The average Bonchev–Trinajstić information content (AvgIpc) is 3.09. The van der Waals surface area contributed by atoms with Gasteiger partial charge in [-0.25, -0.2) is 4.98 Å². The highest BCUT2D eigenvalue weighted by Crippen LogP contribution is 2.28. The number of fused-ring (bicyclic) bond motifs is 1. The topological polar surface area (TPSA) is 54.0 Å². The summed E-state index contributed by atoms with van der Waals surface area (Å²) in [7, 11) is 0. The first-order valence-corrected chi connectivity index (χ1v) is 7.40. The molecule has 0 saturated heterocycles. The molecule has 1 aromatic carbocycles. The van der Waals surface area contributed by atoms with Gasteiger partial charge in [0.15, 0.2) is 5.13 Å². The molecule has 0 unspecified atom stereocenters. The maximum absolute atomic E-state index is 11.8. The SMILES string of the molecule is Cc1ccc2nc(NC(=O)CNCC3CC3)sc2c1. The average molecular weight is 275 g/mol. The minimum absolute atomic E-state index is 0.0172. The number of thiazole rings is 1. The monoisotopic (exact) mass is 275 g/mol. The Morgan fingerprint density at radius 2 is 2.32 bits per heavy atom. The summed E-state index contributed by atoms with van der Waals surface area (Å²) in [6, 6.07) is 6.11. The van der Waals surface area contributed by atoms with Gasteiger partial charge in [-0.05, 0) is 49.9 Å². The minimum atomic E-state index is -0.0172. The first-order chi connectivity index (χ1) is 9.20. The summed E-state index contributed by atoms with van der Waals surface area (Å²) >= 11 is 1.52. The predicted molar refractivity (Wildman–Crippen MR) is 78.6 cm³/mol. The van der Waals surface area contributed by atoms with Gasteiger partial charge < -0.3 is 10.6 Å². The van der Waals surface area contributed by atoms with Gasteiger partial charge in [0.1, 0.15) is 0 Å². The molecule has 2 aromatic rings. The Morgan fingerprint density at radius 1 is 1.47 bits per heavy atom. The van der Waals surface area contributed by atoms with Gasteiger partial charge in [0.2, 0.25) is 5.91 Å². The molecule has 5 heteroatoms. The fraction of sp³-hybridized carbons (Fsp3) is 0.429. The lowest BCUT2D eigenvalue weighted by Gasteiger charge is -2.02. The van der Waals surface area contributed by atoms with Crippen LogP contribution in [0.3, 0.4) is 0 Å². The molecular formula is C14H17N3OS. The Bertz CT molecular complexity index is 604. The zero-order valence-electron chi connectivity index (χ0n) is 10.9. The van der Waals surface area contributed by atoms with Crippen LogP contribution in [-0.2, 0) is 4.79 Å². The molecule has 1 aliphatic carbocycles. The molecule has 0 bridgehead atoms. The molecule has 1 aliphatic rings. The number of hydrogen-bond donors (Lipinski definition) is 2. The van der Waals surface area contributed by atoms with Crippen molar-refractivity contribution in [2.45, 2.75) is 19.8 Å². The molecule has 1 heterocycles. The van der Waals surface area contributed by atoms with Crippen LogP contribution in [0.2, 0.25) is 0 Å². The number of benzene rings is 1. The lowest BCUT2D eigenvalue weighted by atomic mass is 10.2. The lowest BCUT2D eigenvalue weighted by Crippen LogP contribution is -2.29. The molecule has 1 fully saturated rings. The van der Waals surface area contributed by atoms with Gasteiger partial charge in [-0.2, -0.15) is 0 Å². The zero-order chi connectivity index (χ0) is 13.2. The van der Waals surface area contributed by atoms with Crippen LogP contribution in [0.5, 0.6) is 0 Å². The van der Waals surface area contributed by atoms with Gasteiger partial charge in [0, 0.05) is 0 Å². The fourth-order valence-electron chi connectivity index (χ4n) is 1.96. The first kappa shape index (κ1) is 12.6. The second kappa shape index (κ2) is 5.27. The van der Waals surface area contributed by atoms with E-state index < -0.39 is 0 Å². The zero-order valence-corrected chi connectivity index (χ0v) is 11.7. The highest BCUT2D eigenvalue weighted by molar-refractivity contribution is 7.22. The third kappa shape index (κ3) is 3.30. The third-order valence-electron chi connectivity index (χ3n) is 3.21. The third-order valence-corrected chi connectivity index (χ3v) is 4.14. The molecular weight excluding hydrogens is 258 g/mol. The first-order valence-electron chi connectivity index (χ1n) is 6.58. The van der Waals surface area contributed by atoms with Gasteiger partial charge in [0.05, 0.1) is 16.8 Å². The van der Waals surface area contributed by atoms with E-state index in [2.05, 4.69) is 28.6 Å². The van der Waals surface area contributed by atoms with Crippen LogP contribution in [-0.4, -0.2) is 24.0 Å². The van der Waals surface area contributed by atoms with Crippen molar-refractivity contribution in [2.24, 2.45) is 5.92 Å². The number of nitrogens with one attached hydrogen (secondary N) is 2. The molecule has 4 nitrogen and oxygen atoms in total. The number of nitrogens with zero attached hydrogens (tertiary/aromatic N) is 1. The number of rotatable bonds is 5. The summed E-state index contributed by atoms with van der Waals surface area (Å²) in [5.41, 5.74) is 2.15. The van der Waals surface area contributed by atoms with E-state index in [-0.39, 0.29) is 5.91 Å². The van der Waals surface area contributed by atoms with Gasteiger partial charge in [-0.1, -0.05) is 17.4 Å². The van der Waals surface area contributed by atoms with Crippen molar-refractivity contribution in [3.05, 3.63) is 23.8 Å². The van der Waals surface area contributed by atoms with Crippen LogP contribution in [0.15, 0.2) is 18.2 Å². The van der Waals surface area contributed by atoms with E-state index in [1.54, 1.807) is 0 Å². The summed E-state index contributed by atoms with van der Waals surface area (Å²) in [6.45, 7) is 3.37. The molecule has 3 rings (SSSR count). The molecule has 0 aliphatic heterocycles. The van der Waals surface area contributed by atoms with Crippen LogP contribution >= 0.6 is 11.3 Å². The van der Waals surface area contributed by atoms with E-state index in [1.807, 2.05) is 12.1 Å². The normalized spacial score (nSPS) is 14.8. The quantitative estimate of drug-likeness (QED) is 0.881. The van der Waals surface area contributed by atoms with Crippen molar-refractivity contribution < 1.29 is 4.79 Å². The molecule has 2 N–H and O–H groups in total. The summed E-state index contributed by atoms with van der Waals surface area (Å²) in [6.07, 6.45) is 2.59. The molecule has 0 radical (unpaired) electrons. The van der Waals surface area contributed by atoms with Gasteiger partial charge in [-0.15, -0.1) is 0 Å². The van der Waals surface area contributed by atoms with E-state index in [0.29, 0.717) is 11.7 Å². The highest BCUT2D eigenvalue weighted by atomic mass is 32.1. The van der Waals surface area contributed by atoms with Gasteiger partial charge >= 0.3 is 0 Å². The second-order valence-electron chi connectivity index (χ2n) is 5.11. The van der Waals surface area contributed by atoms with Crippen LogP contribution in [0, 0.1) is 12.8 Å². The number of hydrogen-bond acceptors (Lipinski definition) is 4. The van der Waals surface area contributed by atoms with E-state index >= 15 is 0 Å². The number of carbonyl (C=O) groups is 1. The van der Waals surface area contributed by atoms with Crippen molar-refractivity contribution in [3.63, 3.8) is 0 Å². The molecule has 100 valence electrons. The predicted octanol–water partition coefficient (Wildman–Crippen LogP) is 2.54. The number of anilines is 1. The van der Waals surface area contributed by atoms with Gasteiger partial charge in [-0.3, -0.25) is 4.79 Å². The molecule has 19 heavy (non-hydrogen) atoms. The van der Waals surface area contributed by atoms with Crippen LogP contribution in [0.1, 0.15) is 18.4 Å². The van der Waals surface area contributed by atoms with Crippen molar-refractivity contribution in [1.82, 2.24) is 10.3 Å². The Morgan fingerprint density at radius 3 is 3.11 bits per heavy atom. The Hall–Kier alpha value is -1.46. The second-order valence-corrected chi connectivity index (χ2v) is 6.14. The number of amides is 1. The smallest absolute Gasteiger partial charge is 0.240 e. The molecule has 1 aromatic heterocycles. The summed E-state index contributed by atoms with van der Waals surface area (Å²) < 4.78 is 1.11. The lowest BCUT2D eigenvalue weighted by molar-refractivity contribution is -0.115. The summed E-state index contributed by atoms with van der Waals surface area (Å²) in [5.74, 6) is 0.773. The van der Waals surface area contributed by atoms with E-state index in [4.69, 9.17) is 0 Å². The van der Waals surface area contributed by atoms with E-state index in [0.717, 1.165) is 22.7 Å². The fourth-order valence-corrected chi connectivity index (χ4v) is 2.94. The number of aromatic nitrogens is 1. The summed E-state index contributed by atoms with van der Waals surface area (Å²) in [4.78, 5) is 16.2. The molecule has 0 spiro atoms. The summed E-state index contributed by atoms with van der Waals surface area (Å²) in [5, 5.41) is 6.71. The van der Waals surface area contributed by atoms with E-state index in [1.165, 1.54) is 29.7 Å². The highest BCUT2D eigenvalue weighted by Gasteiger charge is 2.20. The van der Waals surface area contributed by atoms with Crippen molar-refractivity contribution >= 4 is 32.6 Å². The van der Waals surface area contributed by atoms with Crippen molar-refractivity contribution in [1.29, 1.82) is 0 Å². The molecule has 0 atom stereocenters. The maximum Gasteiger partial charge on any atom is 0.240 e. The number of aryl methyl sites for hydroxylation is 1. The van der Waals surface area contributed by atoms with Crippen LogP contribution < -0.4 is 10.6 Å². The van der Waals surface area contributed by atoms with Crippen LogP contribution in [0.25, 0.3) is 10.2 Å². The number of carbonyl (C=O) groups excluding carboxylic acids is 1. The van der Waals surface area contributed by atoms with Crippen molar-refractivity contribution in [3.8, 4) is 0 Å². The molecule has 1 amide bonds. The van der Waals surface area contributed by atoms with Crippen LogP contribution in [0.4, 0.5) is 5.13 Å². The van der Waals surface area contributed by atoms with Crippen molar-refractivity contribution in [2.75, 3.05) is 18.4 Å². The minimum Gasteiger partial charge on any atom is -0.308 e. The van der Waals surface area contributed by atoms with E-state index in [9.17, 15) is 4.79 Å².